The van der Waals surface area contributed by atoms with Gasteiger partial charge in [0, 0.05) is 6.42 Å². The second-order valence-corrected chi connectivity index (χ2v) is 8.95. The van der Waals surface area contributed by atoms with Crippen LogP contribution in [0.2, 0.25) is 0 Å². The van der Waals surface area contributed by atoms with E-state index in [0.29, 0.717) is 18.9 Å². The first-order chi connectivity index (χ1) is 14.6. The molecule has 1 atom stereocenters. The van der Waals surface area contributed by atoms with E-state index in [-0.39, 0.29) is 5.97 Å². The molecule has 0 aromatic rings. The van der Waals surface area contributed by atoms with Crippen molar-refractivity contribution < 1.29 is 9.53 Å². The summed E-state index contributed by atoms with van der Waals surface area (Å²) in [6, 6.07) is 0. The van der Waals surface area contributed by atoms with Gasteiger partial charge >= 0.3 is 5.97 Å². The van der Waals surface area contributed by atoms with E-state index in [1.807, 2.05) is 0 Å². The average Bonchev–Trinajstić information content (AvgIpc) is 2.70. The number of carbonyl (C=O) groups excluding carboxylic acids is 1. The molecule has 0 aliphatic rings. The number of rotatable bonds is 20. The van der Waals surface area contributed by atoms with E-state index in [4.69, 9.17) is 4.74 Å². The molecule has 2 heteroatoms. The smallest absolute Gasteiger partial charge is 0.305 e. The van der Waals surface area contributed by atoms with Crippen molar-refractivity contribution in [2.45, 2.75) is 124 Å². The van der Waals surface area contributed by atoms with Gasteiger partial charge in [0.25, 0.3) is 0 Å². The summed E-state index contributed by atoms with van der Waals surface area (Å²) in [6.45, 7) is 9.35. The molecule has 0 saturated heterocycles. The summed E-state index contributed by atoms with van der Waals surface area (Å²) in [5.41, 5.74) is 1.38. The monoisotopic (exact) mass is 418 g/mol. The number of carbonyl (C=O) groups is 1. The Morgan fingerprint density at radius 1 is 0.800 bits per heavy atom. The molecule has 0 heterocycles. The lowest BCUT2D eigenvalue weighted by Gasteiger charge is -2.10. The third-order valence-corrected chi connectivity index (χ3v) is 5.42. The van der Waals surface area contributed by atoms with Gasteiger partial charge in [-0.15, -0.1) is 0 Å². The molecule has 0 spiro atoms. The number of hydrogen-bond donors (Lipinski definition) is 0. The van der Waals surface area contributed by atoms with Crippen molar-refractivity contribution in [2.75, 3.05) is 6.61 Å². The van der Waals surface area contributed by atoms with Crippen LogP contribution in [0.15, 0.2) is 36.0 Å². The van der Waals surface area contributed by atoms with Gasteiger partial charge in [0.2, 0.25) is 0 Å². The first-order valence-corrected chi connectivity index (χ1v) is 12.6. The van der Waals surface area contributed by atoms with Crippen LogP contribution in [0.1, 0.15) is 124 Å². The molecule has 0 aliphatic heterocycles. The highest BCUT2D eigenvalue weighted by Crippen LogP contribution is 2.13. The van der Waals surface area contributed by atoms with Crippen molar-refractivity contribution in [2.24, 2.45) is 5.92 Å². The number of allylic oxidation sites excluding steroid dienone is 6. The molecule has 0 rings (SSSR count). The normalized spacial score (nSPS) is 12.5. The number of unbranched alkanes of at least 4 members (excludes halogenated alkanes) is 8. The Morgan fingerprint density at radius 2 is 1.43 bits per heavy atom. The van der Waals surface area contributed by atoms with E-state index < -0.39 is 0 Å². The Morgan fingerprint density at radius 3 is 2.10 bits per heavy atom. The van der Waals surface area contributed by atoms with Gasteiger partial charge in [-0.2, -0.15) is 0 Å². The lowest BCUT2D eigenvalue weighted by atomic mass is 10.0. The highest BCUT2D eigenvalue weighted by molar-refractivity contribution is 5.69. The Balaban J connectivity index is 3.40. The van der Waals surface area contributed by atoms with Gasteiger partial charge < -0.3 is 4.74 Å². The Hall–Kier alpha value is -1.31. The molecule has 0 radical (unpaired) electrons. The van der Waals surface area contributed by atoms with Crippen LogP contribution in [0.5, 0.6) is 0 Å². The molecular formula is C28H50O2. The largest absolute Gasteiger partial charge is 0.466 e. The molecule has 0 N–H and O–H groups in total. The van der Waals surface area contributed by atoms with E-state index in [1.165, 1.54) is 63.4 Å². The quantitative estimate of drug-likeness (QED) is 0.112. The molecule has 0 saturated carbocycles. The standard InChI is InChI=1S/C28H50O2/c1-5-6-7-8-9-10-11-12-13-14-15-16-17-18-19-23-28(29)30-25-24-27(4)22-20-21-26(2)3/h9-10,12-13,21,27H,5-8,11,14-20,22-25H2,1-4H3/b10-9-,13-12-. The fourth-order valence-electron chi connectivity index (χ4n) is 3.33. The fourth-order valence-corrected chi connectivity index (χ4v) is 3.33. The van der Waals surface area contributed by atoms with Gasteiger partial charge in [-0.05, 0) is 77.6 Å². The molecule has 0 aliphatic carbocycles. The van der Waals surface area contributed by atoms with Crippen molar-refractivity contribution >= 4 is 5.97 Å². The van der Waals surface area contributed by atoms with Gasteiger partial charge in [-0.25, -0.2) is 0 Å². The third-order valence-electron chi connectivity index (χ3n) is 5.42. The predicted molar refractivity (Wildman–Crippen MR) is 133 cm³/mol. The minimum absolute atomic E-state index is 0.0165. The van der Waals surface area contributed by atoms with Crippen molar-refractivity contribution in [3.05, 3.63) is 36.0 Å². The van der Waals surface area contributed by atoms with Crippen LogP contribution < -0.4 is 0 Å². The van der Waals surface area contributed by atoms with Crippen LogP contribution in [0.4, 0.5) is 0 Å². The van der Waals surface area contributed by atoms with Crippen molar-refractivity contribution in [1.29, 1.82) is 0 Å². The topological polar surface area (TPSA) is 26.3 Å². The van der Waals surface area contributed by atoms with E-state index in [0.717, 1.165) is 32.1 Å². The number of hydrogen-bond acceptors (Lipinski definition) is 2. The average molecular weight is 419 g/mol. The van der Waals surface area contributed by atoms with E-state index in [9.17, 15) is 4.79 Å². The van der Waals surface area contributed by atoms with Crippen molar-refractivity contribution in [1.82, 2.24) is 0 Å². The summed E-state index contributed by atoms with van der Waals surface area (Å²) < 4.78 is 5.39. The van der Waals surface area contributed by atoms with Gasteiger partial charge in [0.1, 0.15) is 0 Å². The van der Waals surface area contributed by atoms with Gasteiger partial charge in [-0.3, -0.25) is 4.79 Å². The van der Waals surface area contributed by atoms with Crippen LogP contribution in [0.3, 0.4) is 0 Å². The predicted octanol–water partition coefficient (Wildman–Crippen LogP) is 9.12. The second kappa shape index (κ2) is 22.4. The molecule has 30 heavy (non-hydrogen) atoms. The fraction of sp³-hybridized carbons (Fsp3) is 0.750. The SMILES string of the molecule is CCCCC/C=C\C/C=C\CCCCCCCC(=O)OCCC(C)CCC=C(C)C. The Kier molecular flexibility index (Phi) is 21.4. The van der Waals surface area contributed by atoms with Crippen LogP contribution >= 0.6 is 0 Å². The molecule has 0 amide bonds. The molecular weight excluding hydrogens is 368 g/mol. The van der Waals surface area contributed by atoms with E-state index in [2.05, 4.69) is 58.1 Å². The molecule has 0 aromatic heterocycles. The molecule has 0 fully saturated rings. The second-order valence-electron chi connectivity index (χ2n) is 8.95. The number of esters is 1. The van der Waals surface area contributed by atoms with Gasteiger partial charge in [0.05, 0.1) is 6.61 Å². The zero-order valence-electron chi connectivity index (χ0n) is 20.6. The third kappa shape index (κ3) is 23.0. The van der Waals surface area contributed by atoms with Crippen LogP contribution in [0.25, 0.3) is 0 Å². The maximum Gasteiger partial charge on any atom is 0.305 e. The maximum absolute atomic E-state index is 11.8. The highest BCUT2D eigenvalue weighted by atomic mass is 16.5. The van der Waals surface area contributed by atoms with Gasteiger partial charge in [0.15, 0.2) is 0 Å². The van der Waals surface area contributed by atoms with Gasteiger partial charge in [-0.1, -0.05) is 81.9 Å². The summed E-state index contributed by atoms with van der Waals surface area (Å²) in [4.78, 5) is 11.8. The summed E-state index contributed by atoms with van der Waals surface area (Å²) >= 11 is 0. The Bertz CT molecular complexity index is 469. The van der Waals surface area contributed by atoms with Crippen LogP contribution in [-0.2, 0) is 9.53 Å². The zero-order chi connectivity index (χ0) is 22.3. The lowest BCUT2D eigenvalue weighted by Crippen LogP contribution is -2.08. The highest BCUT2D eigenvalue weighted by Gasteiger charge is 2.05. The summed E-state index contributed by atoms with van der Waals surface area (Å²) in [5, 5.41) is 0. The van der Waals surface area contributed by atoms with E-state index in [1.54, 1.807) is 0 Å². The minimum Gasteiger partial charge on any atom is -0.466 e. The summed E-state index contributed by atoms with van der Waals surface area (Å²) in [5.74, 6) is 0.599. The number of ether oxygens (including phenoxy) is 1. The maximum atomic E-state index is 11.8. The minimum atomic E-state index is -0.0165. The molecule has 1 unspecified atom stereocenters. The first kappa shape index (κ1) is 28.7. The van der Waals surface area contributed by atoms with Crippen LogP contribution in [0, 0.1) is 5.92 Å². The molecule has 174 valence electrons. The zero-order valence-corrected chi connectivity index (χ0v) is 20.6. The summed E-state index contributed by atoms with van der Waals surface area (Å²) in [7, 11) is 0. The van der Waals surface area contributed by atoms with Crippen molar-refractivity contribution in [3.8, 4) is 0 Å². The van der Waals surface area contributed by atoms with Crippen molar-refractivity contribution in [3.63, 3.8) is 0 Å². The lowest BCUT2D eigenvalue weighted by molar-refractivity contribution is -0.144. The molecule has 0 aromatic carbocycles. The van der Waals surface area contributed by atoms with Crippen LogP contribution in [-0.4, -0.2) is 12.6 Å². The molecule has 0 bridgehead atoms. The van der Waals surface area contributed by atoms with E-state index >= 15 is 0 Å². The summed E-state index contributed by atoms with van der Waals surface area (Å²) in [6.07, 6.45) is 28.6. The first-order valence-electron chi connectivity index (χ1n) is 12.6. The Labute approximate surface area is 188 Å². The molecule has 2 nitrogen and oxygen atoms in total.